The molecular formula is C24H33F2N7O3S. The quantitative estimate of drug-likeness (QED) is 0.276. The lowest BCUT2D eigenvalue weighted by Gasteiger charge is -2.35. The lowest BCUT2D eigenvalue weighted by molar-refractivity contribution is 0.0816. The molecule has 2 aliphatic rings. The molecule has 2 fully saturated rings. The third-order valence-corrected chi connectivity index (χ3v) is 8.38. The van der Waals surface area contributed by atoms with Crippen molar-refractivity contribution in [1.29, 1.82) is 0 Å². The minimum Gasteiger partial charge on any atom is -0.382 e. The van der Waals surface area contributed by atoms with Crippen LogP contribution in [0.15, 0.2) is 47.4 Å². The molecule has 10 nitrogen and oxygen atoms in total. The number of alkyl halides is 1. The molecule has 4 atom stereocenters. The maximum Gasteiger partial charge on any atom is 0.251 e. The van der Waals surface area contributed by atoms with Gasteiger partial charge in [-0.2, -0.15) is 0 Å². The Morgan fingerprint density at radius 1 is 1.19 bits per heavy atom. The van der Waals surface area contributed by atoms with Crippen LogP contribution in [-0.4, -0.2) is 71.5 Å². The summed E-state index contributed by atoms with van der Waals surface area (Å²) >= 11 is 0. The van der Waals surface area contributed by atoms with E-state index in [9.17, 15) is 22.0 Å². The van der Waals surface area contributed by atoms with E-state index < -0.39 is 27.9 Å². The zero-order chi connectivity index (χ0) is 26.6. The molecule has 0 saturated carbocycles. The number of carbonyl (C=O) groups is 1. The number of piperidine rings is 1. The van der Waals surface area contributed by atoms with Gasteiger partial charge in [0.1, 0.15) is 12.0 Å². The summed E-state index contributed by atoms with van der Waals surface area (Å²) in [5, 5.41) is 8.96. The molecule has 0 radical (unpaired) electrons. The van der Waals surface area contributed by atoms with Crippen molar-refractivity contribution < 1.29 is 22.0 Å². The molecular weight excluding hydrogens is 504 g/mol. The van der Waals surface area contributed by atoms with Crippen molar-refractivity contribution in [1.82, 2.24) is 31.1 Å². The number of likely N-dealkylation sites (N-methyl/N-ethyl adjacent to an activating group) is 1. The molecule has 0 aliphatic carbocycles. The Bertz CT molecular complexity index is 1220. The number of amides is 1. The number of nitrogens with one attached hydrogen (secondary N) is 6. The van der Waals surface area contributed by atoms with Crippen LogP contribution in [0.3, 0.4) is 0 Å². The normalized spacial score (nSPS) is 24.6. The van der Waals surface area contributed by atoms with Crippen LogP contribution in [-0.2, 0) is 16.6 Å². The van der Waals surface area contributed by atoms with Gasteiger partial charge in [0.15, 0.2) is 0 Å². The average molecular weight is 538 g/mol. The van der Waals surface area contributed by atoms with Crippen LogP contribution >= 0.6 is 0 Å². The minimum absolute atomic E-state index is 0.0989. The minimum atomic E-state index is -3.90. The molecule has 2 saturated heterocycles. The number of nitrogens with zero attached hydrogens (tertiary/aromatic N) is 1. The molecule has 202 valence electrons. The van der Waals surface area contributed by atoms with Crippen molar-refractivity contribution in [3.8, 4) is 0 Å². The zero-order valence-electron chi connectivity index (χ0n) is 20.7. The number of carbonyl (C=O) groups excluding carboxylic acids is 1. The molecule has 4 rings (SSSR count). The number of anilines is 1. The molecule has 0 spiro atoms. The molecule has 2 aromatic carbocycles. The zero-order valence-corrected chi connectivity index (χ0v) is 21.5. The highest BCUT2D eigenvalue weighted by Crippen LogP contribution is 2.25. The van der Waals surface area contributed by atoms with Crippen LogP contribution in [0.4, 0.5) is 14.5 Å². The fourth-order valence-electron chi connectivity index (χ4n) is 4.71. The van der Waals surface area contributed by atoms with Crippen molar-refractivity contribution in [2.75, 3.05) is 39.0 Å². The van der Waals surface area contributed by atoms with Crippen LogP contribution in [0.25, 0.3) is 0 Å². The fourth-order valence-corrected chi connectivity index (χ4v) is 5.68. The Morgan fingerprint density at radius 3 is 2.73 bits per heavy atom. The molecule has 2 aliphatic heterocycles. The lowest BCUT2D eigenvalue weighted by atomic mass is 9.92. The molecule has 2 heterocycles. The maximum absolute atomic E-state index is 14.4. The Kier molecular flexibility index (Phi) is 8.72. The van der Waals surface area contributed by atoms with Crippen LogP contribution < -0.4 is 31.5 Å². The van der Waals surface area contributed by atoms with Gasteiger partial charge < -0.3 is 16.0 Å². The third-order valence-electron chi connectivity index (χ3n) is 6.88. The van der Waals surface area contributed by atoms with Crippen molar-refractivity contribution in [3.05, 3.63) is 59.4 Å². The third kappa shape index (κ3) is 6.25. The topological polar surface area (TPSA) is 127 Å². The number of hydrogen-bond acceptors (Lipinski definition) is 8. The van der Waals surface area contributed by atoms with E-state index >= 15 is 0 Å². The first kappa shape index (κ1) is 27.4. The largest absolute Gasteiger partial charge is 0.382 e. The van der Waals surface area contributed by atoms with Crippen molar-refractivity contribution in [2.24, 2.45) is 5.92 Å². The average Bonchev–Trinajstić information content (AvgIpc) is 3.26. The SMILES string of the molecule is CNS(=O)(=O)c1cccc(F)c1CNC(=O)c1cccc(NCC2NNC(C3CCNCC3F)N2C)c1. The fraction of sp³-hybridized carbons (Fsp3) is 0.458. The number of rotatable bonds is 9. The van der Waals surface area contributed by atoms with E-state index in [-0.39, 0.29) is 35.3 Å². The van der Waals surface area contributed by atoms with E-state index in [2.05, 4.69) is 36.4 Å². The highest BCUT2D eigenvalue weighted by molar-refractivity contribution is 7.89. The number of benzene rings is 2. The van der Waals surface area contributed by atoms with Gasteiger partial charge in [-0.25, -0.2) is 32.8 Å². The Morgan fingerprint density at radius 2 is 1.97 bits per heavy atom. The van der Waals surface area contributed by atoms with Gasteiger partial charge in [-0.05, 0) is 57.4 Å². The van der Waals surface area contributed by atoms with Crippen molar-refractivity contribution >= 4 is 21.6 Å². The van der Waals surface area contributed by atoms with Crippen LogP contribution in [0.2, 0.25) is 0 Å². The summed E-state index contributed by atoms with van der Waals surface area (Å²) in [7, 11) is -0.719. The maximum atomic E-state index is 14.4. The van der Waals surface area contributed by atoms with Gasteiger partial charge in [0, 0.05) is 42.4 Å². The van der Waals surface area contributed by atoms with Gasteiger partial charge in [0.25, 0.3) is 5.91 Å². The summed E-state index contributed by atoms with van der Waals surface area (Å²) in [6.07, 6.45) is -0.400. The summed E-state index contributed by atoms with van der Waals surface area (Å²) in [6, 6.07) is 10.5. The summed E-state index contributed by atoms with van der Waals surface area (Å²) in [6.45, 7) is 1.35. The van der Waals surface area contributed by atoms with Gasteiger partial charge in [-0.3, -0.25) is 9.69 Å². The highest BCUT2D eigenvalue weighted by atomic mass is 32.2. The number of hydrogen-bond donors (Lipinski definition) is 6. The summed E-state index contributed by atoms with van der Waals surface area (Å²) in [4.78, 5) is 14.6. The molecule has 13 heteroatoms. The van der Waals surface area contributed by atoms with E-state index in [4.69, 9.17) is 0 Å². The van der Waals surface area contributed by atoms with Gasteiger partial charge in [-0.15, -0.1) is 0 Å². The number of halogens is 2. The van der Waals surface area contributed by atoms with Crippen molar-refractivity contribution in [3.63, 3.8) is 0 Å². The molecule has 4 unspecified atom stereocenters. The van der Waals surface area contributed by atoms with Crippen LogP contribution in [0, 0.1) is 11.7 Å². The van der Waals surface area contributed by atoms with Gasteiger partial charge >= 0.3 is 0 Å². The van der Waals surface area contributed by atoms with Crippen molar-refractivity contribution in [2.45, 2.75) is 36.4 Å². The molecule has 0 aromatic heterocycles. The van der Waals surface area contributed by atoms with E-state index in [0.29, 0.717) is 24.3 Å². The Labute approximate surface area is 215 Å². The number of hydrazine groups is 1. The van der Waals surface area contributed by atoms with Gasteiger partial charge in [0.05, 0.1) is 17.2 Å². The predicted molar refractivity (Wildman–Crippen MR) is 136 cm³/mol. The van der Waals surface area contributed by atoms with Crippen LogP contribution in [0.1, 0.15) is 22.3 Å². The smallest absolute Gasteiger partial charge is 0.251 e. The summed E-state index contributed by atoms with van der Waals surface area (Å²) < 4.78 is 55.4. The molecule has 6 N–H and O–H groups in total. The second-order valence-electron chi connectivity index (χ2n) is 9.16. The molecule has 1 amide bonds. The molecule has 0 bridgehead atoms. The molecule has 37 heavy (non-hydrogen) atoms. The second kappa shape index (κ2) is 11.8. The second-order valence-corrected chi connectivity index (χ2v) is 11.0. The molecule has 2 aromatic rings. The Hall–Kier alpha value is -2.68. The summed E-state index contributed by atoms with van der Waals surface area (Å²) in [5.74, 6) is -1.32. The number of sulfonamides is 1. The van der Waals surface area contributed by atoms with E-state index in [1.54, 1.807) is 18.2 Å². The van der Waals surface area contributed by atoms with E-state index in [0.717, 1.165) is 19.0 Å². The summed E-state index contributed by atoms with van der Waals surface area (Å²) in [5.41, 5.74) is 7.31. The first-order valence-electron chi connectivity index (χ1n) is 12.1. The highest BCUT2D eigenvalue weighted by Gasteiger charge is 2.40. The van der Waals surface area contributed by atoms with E-state index in [1.807, 2.05) is 13.1 Å². The standard InChI is InChI=1S/C24H33F2N7O3S/c1-27-37(35,36)21-8-4-7-19(25)18(21)12-30-24(34)15-5-3-6-16(11-15)29-14-22-31-32-23(33(22)2)17-9-10-28-13-20(17)26/h3-8,11,17,20,22-23,27-29,31-32H,9-10,12-14H2,1-2H3,(H,30,34). The van der Waals surface area contributed by atoms with Gasteiger partial charge in [-0.1, -0.05) is 12.1 Å². The van der Waals surface area contributed by atoms with Gasteiger partial charge in [0.2, 0.25) is 10.0 Å². The Balaban J connectivity index is 1.36. The first-order chi connectivity index (χ1) is 17.7. The lowest BCUT2D eigenvalue weighted by Crippen LogP contribution is -2.51. The predicted octanol–water partition coefficient (Wildman–Crippen LogP) is 0.715. The van der Waals surface area contributed by atoms with Crippen LogP contribution in [0.5, 0.6) is 0 Å². The monoisotopic (exact) mass is 537 g/mol. The van der Waals surface area contributed by atoms with E-state index in [1.165, 1.54) is 19.2 Å². The first-order valence-corrected chi connectivity index (χ1v) is 13.6.